The molecule has 0 unspecified atom stereocenters. The van der Waals surface area contributed by atoms with E-state index >= 15 is 0 Å². The van der Waals surface area contributed by atoms with E-state index in [0.29, 0.717) is 19.8 Å². The van der Waals surface area contributed by atoms with Gasteiger partial charge in [-0.05, 0) is 30.5 Å². The first-order valence-corrected chi connectivity index (χ1v) is 8.36. The van der Waals surface area contributed by atoms with Gasteiger partial charge in [0.15, 0.2) is 5.82 Å². The van der Waals surface area contributed by atoms with E-state index in [2.05, 4.69) is 17.4 Å². The summed E-state index contributed by atoms with van der Waals surface area (Å²) in [5.74, 6) is -1.17. The Morgan fingerprint density at radius 2 is 1.88 bits per heavy atom. The molecule has 1 aliphatic heterocycles. The van der Waals surface area contributed by atoms with E-state index in [1.807, 2.05) is 18.2 Å². The van der Waals surface area contributed by atoms with E-state index in [4.69, 9.17) is 4.74 Å². The Bertz CT molecular complexity index is 783. The number of ether oxygens (including phenoxy) is 1. The lowest BCUT2D eigenvalue weighted by Crippen LogP contribution is -2.45. The Balaban J connectivity index is 1.70. The standard InChI is InChI=1S/C19H21FN2O3/c20-16-7-4-10-22(18(16)24)13-17(23)21-14-19(8-11-25-12-9-19)15-5-2-1-3-6-15/h1-7,10H,8-9,11-14H2,(H,21,23). The highest BCUT2D eigenvalue weighted by atomic mass is 19.1. The average molecular weight is 344 g/mol. The summed E-state index contributed by atoms with van der Waals surface area (Å²) in [6.45, 7) is 1.56. The Morgan fingerprint density at radius 1 is 1.16 bits per heavy atom. The summed E-state index contributed by atoms with van der Waals surface area (Å²) in [7, 11) is 0. The molecule has 1 saturated heterocycles. The van der Waals surface area contributed by atoms with E-state index in [0.717, 1.165) is 23.5 Å². The highest BCUT2D eigenvalue weighted by molar-refractivity contribution is 5.75. The number of halogens is 1. The maximum Gasteiger partial charge on any atom is 0.287 e. The molecule has 25 heavy (non-hydrogen) atoms. The quantitative estimate of drug-likeness (QED) is 0.901. The summed E-state index contributed by atoms with van der Waals surface area (Å²) in [5.41, 5.74) is 0.199. The molecule has 0 radical (unpaired) electrons. The molecule has 1 amide bonds. The van der Waals surface area contributed by atoms with Crippen molar-refractivity contribution in [2.75, 3.05) is 19.8 Å². The number of aromatic nitrogens is 1. The normalized spacial score (nSPS) is 16.4. The molecule has 1 aromatic carbocycles. The first kappa shape index (κ1) is 17.4. The minimum Gasteiger partial charge on any atom is -0.381 e. The molecule has 0 aliphatic carbocycles. The first-order valence-electron chi connectivity index (χ1n) is 8.36. The zero-order chi connectivity index (χ0) is 17.7. The minimum absolute atomic E-state index is 0.179. The minimum atomic E-state index is -0.861. The molecule has 0 atom stereocenters. The third-order valence-electron chi connectivity index (χ3n) is 4.75. The lowest BCUT2D eigenvalue weighted by molar-refractivity contribution is -0.122. The van der Waals surface area contributed by atoms with E-state index in [9.17, 15) is 14.0 Å². The van der Waals surface area contributed by atoms with Crippen molar-refractivity contribution >= 4 is 5.91 Å². The third kappa shape index (κ3) is 3.96. The molecule has 2 heterocycles. The van der Waals surface area contributed by atoms with Crippen LogP contribution in [0.25, 0.3) is 0 Å². The van der Waals surface area contributed by atoms with Crippen molar-refractivity contribution in [2.24, 2.45) is 0 Å². The lowest BCUT2D eigenvalue weighted by atomic mass is 9.74. The highest BCUT2D eigenvalue weighted by Crippen LogP contribution is 2.34. The van der Waals surface area contributed by atoms with Gasteiger partial charge in [-0.2, -0.15) is 0 Å². The summed E-state index contributed by atoms with van der Waals surface area (Å²) in [6.07, 6.45) is 3.04. The molecule has 1 aliphatic rings. The fourth-order valence-corrected chi connectivity index (χ4v) is 3.23. The molecule has 0 bridgehead atoms. The van der Waals surface area contributed by atoms with Crippen LogP contribution in [0.2, 0.25) is 0 Å². The average Bonchev–Trinajstić information content (AvgIpc) is 2.65. The topological polar surface area (TPSA) is 60.3 Å². The summed E-state index contributed by atoms with van der Waals surface area (Å²) >= 11 is 0. The van der Waals surface area contributed by atoms with Crippen LogP contribution in [0, 0.1) is 5.82 Å². The zero-order valence-corrected chi connectivity index (χ0v) is 13.9. The second kappa shape index (κ2) is 7.61. The molecule has 0 saturated carbocycles. The van der Waals surface area contributed by atoms with Crippen LogP contribution in [-0.4, -0.2) is 30.2 Å². The predicted molar refractivity (Wildman–Crippen MR) is 91.8 cm³/mol. The van der Waals surface area contributed by atoms with Gasteiger partial charge in [-0.15, -0.1) is 0 Å². The number of rotatable bonds is 5. The van der Waals surface area contributed by atoms with Crippen LogP contribution in [-0.2, 0) is 21.5 Å². The van der Waals surface area contributed by atoms with Crippen molar-refractivity contribution in [3.63, 3.8) is 0 Å². The molecular weight excluding hydrogens is 323 g/mol. The van der Waals surface area contributed by atoms with Crippen molar-refractivity contribution in [1.82, 2.24) is 9.88 Å². The second-order valence-corrected chi connectivity index (χ2v) is 6.32. The number of benzene rings is 1. The molecule has 6 heteroatoms. The summed E-state index contributed by atoms with van der Waals surface area (Å²) in [6, 6.07) is 12.6. The molecule has 1 fully saturated rings. The number of hydrogen-bond donors (Lipinski definition) is 1. The fourth-order valence-electron chi connectivity index (χ4n) is 3.23. The Morgan fingerprint density at radius 3 is 2.60 bits per heavy atom. The van der Waals surface area contributed by atoms with Crippen molar-refractivity contribution in [3.8, 4) is 0 Å². The number of pyridine rings is 1. The van der Waals surface area contributed by atoms with Gasteiger partial charge < -0.3 is 14.6 Å². The van der Waals surface area contributed by atoms with Gasteiger partial charge in [-0.25, -0.2) is 4.39 Å². The number of nitrogens with zero attached hydrogens (tertiary/aromatic N) is 1. The van der Waals surface area contributed by atoms with E-state index in [1.165, 1.54) is 17.8 Å². The largest absolute Gasteiger partial charge is 0.381 e. The Labute approximate surface area is 145 Å². The number of amides is 1. The predicted octanol–water partition coefficient (Wildman–Crippen LogP) is 1.85. The van der Waals surface area contributed by atoms with Gasteiger partial charge in [0.1, 0.15) is 6.54 Å². The molecular formula is C19H21FN2O3. The molecule has 5 nitrogen and oxygen atoms in total. The summed E-state index contributed by atoms with van der Waals surface area (Å²) < 4.78 is 19.9. The first-order chi connectivity index (χ1) is 12.1. The smallest absolute Gasteiger partial charge is 0.287 e. The SMILES string of the molecule is O=C(Cn1cccc(F)c1=O)NCC1(c2ccccc2)CCOCC1. The Kier molecular flexibility index (Phi) is 5.28. The van der Waals surface area contributed by atoms with Crippen LogP contribution in [0.3, 0.4) is 0 Å². The van der Waals surface area contributed by atoms with Crippen LogP contribution >= 0.6 is 0 Å². The molecule has 0 spiro atoms. The zero-order valence-electron chi connectivity index (χ0n) is 13.9. The van der Waals surface area contributed by atoms with Gasteiger partial charge >= 0.3 is 0 Å². The third-order valence-corrected chi connectivity index (χ3v) is 4.75. The second-order valence-electron chi connectivity index (χ2n) is 6.32. The van der Waals surface area contributed by atoms with Crippen molar-refractivity contribution < 1.29 is 13.9 Å². The number of hydrogen-bond acceptors (Lipinski definition) is 3. The highest BCUT2D eigenvalue weighted by Gasteiger charge is 2.34. The molecule has 132 valence electrons. The van der Waals surface area contributed by atoms with Crippen LogP contribution < -0.4 is 10.9 Å². The monoisotopic (exact) mass is 344 g/mol. The van der Waals surface area contributed by atoms with E-state index in [1.54, 1.807) is 0 Å². The Hall–Kier alpha value is -2.47. The van der Waals surface area contributed by atoms with Crippen molar-refractivity contribution in [2.45, 2.75) is 24.8 Å². The number of nitrogens with one attached hydrogen (secondary N) is 1. The van der Waals surface area contributed by atoms with E-state index < -0.39 is 11.4 Å². The molecule has 3 rings (SSSR count). The van der Waals surface area contributed by atoms with E-state index in [-0.39, 0.29) is 17.9 Å². The lowest BCUT2D eigenvalue weighted by Gasteiger charge is -2.38. The summed E-state index contributed by atoms with van der Waals surface area (Å²) in [5, 5.41) is 2.91. The van der Waals surface area contributed by atoms with Crippen LogP contribution in [0.1, 0.15) is 18.4 Å². The van der Waals surface area contributed by atoms with Gasteiger partial charge in [0.2, 0.25) is 5.91 Å². The molecule has 2 aromatic rings. The van der Waals surface area contributed by atoms with Gasteiger partial charge in [-0.1, -0.05) is 30.3 Å². The van der Waals surface area contributed by atoms with Crippen LogP contribution in [0.15, 0.2) is 53.5 Å². The van der Waals surface area contributed by atoms with Crippen LogP contribution in [0.4, 0.5) is 4.39 Å². The number of carbonyl (C=O) groups excluding carboxylic acids is 1. The summed E-state index contributed by atoms with van der Waals surface area (Å²) in [4.78, 5) is 24.0. The van der Waals surface area contributed by atoms with Crippen molar-refractivity contribution in [1.29, 1.82) is 0 Å². The van der Waals surface area contributed by atoms with Gasteiger partial charge in [0.05, 0.1) is 0 Å². The maximum absolute atomic E-state index is 13.3. The van der Waals surface area contributed by atoms with Gasteiger partial charge in [0.25, 0.3) is 5.56 Å². The van der Waals surface area contributed by atoms with Gasteiger partial charge in [0, 0.05) is 31.4 Å². The van der Waals surface area contributed by atoms with Crippen molar-refractivity contribution in [3.05, 3.63) is 70.4 Å². The molecule has 1 N–H and O–H groups in total. The van der Waals surface area contributed by atoms with Crippen LogP contribution in [0.5, 0.6) is 0 Å². The van der Waals surface area contributed by atoms with Gasteiger partial charge in [-0.3, -0.25) is 9.59 Å². The molecule has 1 aromatic heterocycles. The fraction of sp³-hybridized carbons (Fsp3) is 0.368. The maximum atomic E-state index is 13.3. The number of carbonyl (C=O) groups is 1.